The first kappa shape index (κ1) is 17.6. The number of allylic oxidation sites excluding steroid dienone is 1. The third-order valence-electron chi connectivity index (χ3n) is 3.61. The van der Waals surface area contributed by atoms with E-state index in [-0.39, 0.29) is 17.6 Å². The van der Waals surface area contributed by atoms with Crippen molar-refractivity contribution < 1.29 is 14.6 Å². The van der Waals surface area contributed by atoms with Gasteiger partial charge < -0.3 is 15.6 Å². The Labute approximate surface area is 142 Å². The van der Waals surface area contributed by atoms with Gasteiger partial charge in [-0.1, -0.05) is 0 Å². The minimum Gasteiger partial charge on any atom is -0.507 e. The van der Waals surface area contributed by atoms with Crippen molar-refractivity contribution in [3.63, 3.8) is 0 Å². The van der Waals surface area contributed by atoms with E-state index in [9.17, 15) is 9.90 Å². The third kappa shape index (κ3) is 3.96. The molecule has 0 fully saturated rings. The van der Waals surface area contributed by atoms with Gasteiger partial charge in [0.25, 0.3) is 0 Å². The van der Waals surface area contributed by atoms with Crippen LogP contribution >= 0.6 is 0 Å². The Morgan fingerprint density at radius 2 is 1.79 bits per heavy atom. The lowest BCUT2D eigenvalue weighted by Crippen LogP contribution is -2.08. The van der Waals surface area contributed by atoms with Crippen molar-refractivity contribution in [1.82, 2.24) is 0 Å². The molecule has 126 valence electrons. The van der Waals surface area contributed by atoms with Crippen molar-refractivity contribution in [3.8, 4) is 11.5 Å². The van der Waals surface area contributed by atoms with E-state index >= 15 is 0 Å². The molecule has 4 heteroatoms. The maximum absolute atomic E-state index is 12.3. The molecule has 0 unspecified atom stereocenters. The molecule has 24 heavy (non-hydrogen) atoms. The quantitative estimate of drug-likeness (QED) is 0.489. The molecule has 0 aromatic heterocycles. The second-order valence-electron chi connectivity index (χ2n) is 6.09. The van der Waals surface area contributed by atoms with Gasteiger partial charge in [0.1, 0.15) is 11.5 Å². The topological polar surface area (TPSA) is 72.5 Å². The van der Waals surface area contributed by atoms with Crippen LogP contribution in [0.25, 0.3) is 6.08 Å². The fourth-order valence-corrected chi connectivity index (χ4v) is 2.44. The van der Waals surface area contributed by atoms with Crippen LogP contribution in [0.1, 0.15) is 40.9 Å². The van der Waals surface area contributed by atoms with Gasteiger partial charge in [-0.25, -0.2) is 0 Å². The first-order chi connectivity index (χ1) is 11.3. The molecule has 0 heterocycles. The SMILES string of the molecule is Cc1cc(C)c(OC(C)C)c(/C=C/C(=O)c2ccc(N)cc2)c1O. The molecule has 3 N–H and O–H groups in total. The number of phenols is 1. The van der Waals surface area contributed by atoms with Gasteiger partial charge >= 0.3 is 0 Å². The number of benzene rings is 2. The molecule has 0 spiro atoms. The highest BCUT2D eigenvalue weighted by molar-refractivity contribution is 6.07. The van der Waals surface area contributed by atoms with E-state index in [0.717, 1.165) is 11.1 Å². The summed E-state index contributed by atoms with van der Waals surface area (Å²) in [7, 11) is 0. The first-order valence-electron chi connectivity index (χ1n) is 7.87. The Kier molecular flexibility index (Phi) is 5.29. The Hall–Kier alpha value is -2.75. The summed E-state index contributed by atoms with van der Waals surface area (Å²) < 4.78 is 5.83. The number of ketones is 1. The molecule has 2 aromatic carbocycles. The van der Waals surface area contributed by atoms with Crippen molar-refractivity contribution in [2.75, 3.05) is 5.73 Å². The summed E-state index contributed by atoms with van der Waals surface area (Å²) in [5, 5.41) is 10.4. The fourth-order valence-electron chi connectivity index (χ4n) is 2.44. The number of nitrogen functional groups attached to an aromatic ring is 1. The Bertz CT molecular complexity index is 774. The fraction of sp³-hybridized carbons (Fsp3) is 0.250. The van der Waals surface area contributed by atoms with Crippen LogP contribution < -0.4 is 10.5 Å². The Morgan fingerprint density at radius 3 is 2.38 bits per heavy atom. The van der Waals surface area contributed by atoms with E-state index in [0.29, 0.717) is 22.6 Å². The summed E-state index contributed by atoms with van der Waals surface area (Å²) in [6, 6.07) is 8.58. The van der Waals surface area contributed by atoms with E-state index in [1.807, 2.05) is 33.8 Å². The number of aromatic hydroxyl groups is 1. The number of hydrogen-bond donors (Lipinski definition) is 2. The molecule has 0 aliphatic rings. The number of carbonyl (C=O) groups excluding carboxylic acids is 1. The molecule has 0 aliphatic carbocycles. The molecule has 0 amide bonds. The van der Waals surface area contributed by atoms with E-state index in [2.05, 4.69) is 0 Å². The van der Waals surface area contributed by atoms with Crippen molar-refractivity contribution in [1.29, 1.82) is 0 Å². The van der Waals surface area contributed by atoms with Crippen molar-refractivity contribution in [3.05, 3.63) is 58.7 Å². The van der Waals surface area contributed by atoms with Crippen LogP contribution in [0.4, 0.5) is 5.69 Å². The number of carbonyl (C=O) groups is 1. The van der Waals surface area contributed by atoms with Gasteiger partial charge in [-0.05, 0) is 81.3 Å². The van der Waals surface area contributed by atoms with E-state index < -0.39 is 0 Å². The van der Waals surface area contributed by atoms with E-state index in [4.69, 9.17) is 10.5 Å². The monoisotopic (exact) mass is 325 g/mol. The van der Waals surface area contributed by atoms with Gasteiger partial charge in [-0.2, -0.15) is 0 Å². The van der Waals surface area contributed by atoms with Crippen LogP contribution in [0.2, 0.25) is 0 Å². The summed E-state index contributed by atoms with van der Waals surface area (Å²) in [4.78, 5) is 12.3. The summed E-state index contributed by atoms with van der Waals surface area (Å²) in [6.07, 6.45) is 3.00. The largest absolute Gasteiger partial charge is 0.507 e. The molecule has 0 saturated heterocycles. The number of nitrogens with two attached hydrogens (primary N) is 1. The lowest BCUT2D eigenvalue weighted by molar-refractivity contribution is 0.104. The van der Waals surface area contributed by atoms with Gasteiger partial charge in [0.05, 0.1) is 11.7 Å². The predicted octanol–water partition coefficient (Wildman–Crippen LogP) is 4.27. The average Bonchev–Trinajstić information content (AvgIpc) is 2.52. The standard InChI is InChI=1S/C20H23NO3/c1-12(2)24-20-14(4)11-13(3)19(23)17(20)9-10-18(22)15-5-7-16(21)8-6-15/h5-12,23H,21H2,1-4H3/b10-9+. The van der Waals surface area contributed by atoms with Crippen molar-refractivity contribution in [2.24, 2.45) is 0 Å². The van der Waals surface area contributed by atoms with E-state index in [1.54, 1.807) is 30.3 Å². The second-order valence-corrected chi connectivity index (χ2v) is 6.09. The lowest BCUT2D eigenvalue weighted by atomic mass is 10.0. The molecular weight excluding hydrogens is 302 g/mol. The highest BCUT2D eigenvalue weighted by Crippen LogP contribution is 2.36. The second kappa shape index (κ2) is 7.21. The Balaban J connectivity index is 2.40. The normalized spacial score (nSPS) is 11.2. The van der Waals surface area contributed by atoms with Crippen molar-refractivity contribution >= 4 is 17.5 Å². The molecular formula is C20H23NO3. The molecule has 4 nitrogen and oxygen atoms in total. The van der Waals surface area contributed by atoms with Crippen LogP contribution in [0.15, 0.2) is 36.4 Å². The molecule has 0 aliphatic heterocycles. The number of anilines is 1. The van der Waals surface area contributed by atoms with E-state index in [1.165, 1.54) is 6.08 Å². The Morgan fingerprint density at radius 1 is 1.17 bits per heavy atom. The van der Waals surface area contributed by atoms with Crippen LogP contribution in [-0.4, -0.2) is 17.0 Å². The summed E-state index contributed by atoms with van der Waals surface area (Å²) in [5.74, 6) is 0.552. The van der Waals surface area contributed by atoms with Gasteiger partial charge in [0, 0.05) is 11.3 Å². The predicted molar refractivity (Wildman–Crippen MR) is 97.6 cm³/mol. The molecule has 0 radical (unpaired) electrons. The maximum Gasteiger partial charge on any atom is 0.185 e. The summed E-state index contributed by atoms with van der Waals surface area (Å²) >= 11 is 0. The molecule has 2 aromatic rings. The van der Waals surface area contributed by atoms with Crippen LogP contribution in [0.5, 0.6) is 11.5 Å². The lowest BCUT2D eigenvalue weighted by Gasteiger charge is -2.17. The number of aryl methyl sites for hydroxylation is 2. The highest BCUT2D eigenvalue weighted by Gasteiger charge is 2.15. The minimum atomic E-state index is -0.163. The maximum atomic E-state index is 12.3. The molecule has 0 bridgehead atoms. The first-order valence-corrected chi connectivity index (χ1v) is 7.87. The zero-order chi connectivity index (χ0) is 17.9. The van der Waals surface area contributed by atoms with Crippen molar-refractivity contribution in [2.45, 2.75) is 33.8 Å². The number of rotatable bonds is 5. The number of hydrogen-bond acceptors (Lipinski definition) is 4. The summed E-state index contributed by atoms with van der Waals surface area (Å²) in [5.41, 5.74) is 8.95. The van der Waals surface area contributed by atoms with Crippen LogP contribution in [-0.2, 0) is 0 Å². The number of ether oxygens (including phenoxy) is 1. The average molecular weight is 325 g/mol. The van der Waals surface area contributed by atoms with Crippen LogP contribution in [0.3, 0.4) is 0 Å². The zero-order valence-electron chi connectivity index (χ0n) is 14.5. The van der Waals surface area contributed by atoms with Crippen LogP contribution in [0, 0.1) is 13.8 Å². The van der Waals surface area contributed by atoms with Gasteiger partial charge in [0.2, 0.25) is 0 Å². The third-order valence-corrected chi connectivity index (χ3v) is 3.61. The summed E-state index contributed by atoms with van der Waals surface area (Å²) in [6.45, 7) is 7.58. The smallest absolute Gasteiger partial charge is 0.185 e. The minimum absolute atomic E-state index is 0.0363. The zero-order valence-corrected chi connectivity index (χ0v) is 14.5. The number of phenolic OH excluding ortho intramolecular Hbond substituents is 1. The van der Waals surface area contributed by atoms with Gasteiger partial charge in [0.15, 0.2) is 5.78 Å². The molecule has 0 atom stereocenters. The molecule has 0 saturated carbocycles. The highest BCUT2D eigenvalue weighted by atomic mass is 16.5. The van der Waals surface area contributed by atoms with Gasteiger partial charge in [-0.3, -0.25) is 4.79 Å². The molecule has 2 rings (SSSR count). The van der Waals surface area contributed by atoms with Gasteiger partial charge in [-0.15, -0.1) is 0 Å².